The number of carbonyl (C=O) groups excluding carboxylic acids is 1. The molecule has 1 saturated carbocycles. The molecule has 2 aromatic rings. The Morgan fingerprint density at radius 2 is 1.82 bits per heavy atom. The summed E-state index contributed by atoms with van der Waals surface area (Å²) in [7, 11) is 0. The fraction of sp³-hybridized carbons (Fsp3) is 0.222. The van der Waals surface area contributed by atoms with Gasteiger partial charge in [0.25, 0.3) is 0 Å². The standard InChI is InChI=1S/C18H17N3O/c1-13-6-8-15(9-7-13)18(10-11-18)21-17(22)20-16-5-3-2-4-14(16)12-19/h2-9H,10-11H2,1H3,(H2,20,21,22). The largest absolute Gasteiger partial charge is 0.328 e. The van der Waals surface area contributed by atoms with Crippen molar-refractivity contribution >= 4 is 11.7 Å². The summed E-state index contributed by atoms with van der Waals surface area (Å²) in [5.41, 5.74) is 3.05. The number of urea groups is 1. The van der Waals surface area contributed by atoms with Gasteiger partial charge < -0.3 is 10.6 Å². The number of para-hydroxylation sites is 1. The van der Waals surface area contributed by atoms with Crippen molar-refractivity contribution in [3.8, 4) is 6.07 Å². The summed E-state index contributed by atoms with van der Waals surface area (Å²) >= 11 is 0. The molecule has 110 valence electrons. The molecule has 0 bridgehead atoms. The Hall–Kier alpha value is -2.80. The number of rotatable bonds is 3. The zero-order valence-electron chi connectivity index (χ0n) is 12.4. The highest BCUT2D eigenvalue weighted by Crippen LogP contribution is 2.45. The van der Waals surface area contributed by atoms with E-state index in [1.54, 1.807) is 24.3 Å². The van der Waals surface area contributed by atoms with Crippen molar-refractivity contribution in [2.45, 2.75) is 25.3 Å². The van der Waals surface area contributed by atoms with Crippen LogP contribution in [-0.2, 0) is 5.54 Å². The molecule has 22 heavy (non-hydrogen) atoms. The van der Waals surface area contributed by atoms with E-state index in [2.05, 4.69) is 41.0 Å². The fourth-order valence-corrected chi connectivity index (χ4v) is 2.54. The predicted octanol–water partition coefficient (Wildman–Crippen LogP) is 3.68. The summed E-state index contributed by atoms with van der Waals surface area (Å²) in [6.45, 7) is 2.04. The van der Waals surface area contributed by atoms with Gasteiger partial charge in [0.2, 0.25) is 0 Å². The number of hydrogen-bond donors (Lipinski definition) is 2. The van der Waals surface area contributed by atoms with Gasteiger partial charge in [-0.3, -0.25) is 0 Å². The summed E-state index contributed by atoms with van der Waals surface area (Å²) in [5.74, 6) is 0. The van der Waals surface area contributed by atoms with Gasteiger partial charge in [-0.2, -0.15) is 5.26 Å². The second kappa shape index (κ2) is 5.53. The van der Waals surface area contributed by atoms with Crippen molar-refractivity contribution in [2.24, 2.45) is 0 Å². The number of nitrogens with one attached hydrogen (secondary N) is 2. The molecule has 1 fully saturated rings. The van der Waals surface area contributed by atoms with Gasteiger partial charge in [0.15, 0.2) is 0 Å². The summed E-state index contributed by atoms with van der Waals surface area (Å²) in [5, 5.41) is 14.9. The van der Waals surface area contributed by atoms with Crippen LogP contribution in [0.4, 0.5) is 10.5 Å². The quantitative estimate of drug-likeness (QED) is 0.906. The summed E-state index contributed by atoms with van der Waals surface area (Å²) in [4.78, 5) is 12.2. The van der Waals surface area contributed by atoms with Gasteiger partial charge in [-0.15, -0.1) is 0 Å². The van der Waals surface area contributed by atoms with Crippen LogP contribution in [0.15, 0.2) is 48.5 Å². The van der Waals surface area contributed by atoms with Gasteiger partial charge in [-0.25, -0.2) is 4.79 Å². The maximum absolute atomic E-state index is 12.2. The van der Waals surface area contributed by atoms with Crippen LogP contribution in [0.3, 0.4) is 0 Å². The van der Waals surface area contributed by atoms with Crippen molar-refractivity contribution < 1.29 is 4.79 Å². The van der Waals surface area contributed by atoms with Crippen LogP contribution >= 0.6 is 0 Å². The van der Waals surface area contributed by atoms with Crippen LogP contribution in [0.25, 0.3) is 0 Å². The number of benzene rings is 2. The van der Waals surface area contributed by atoms with Crippen LogP contribution in [0.5, 0.6) is 0 Å². The maximum Gasteiger partial charge on any atom is 0.319 e. The number of hydrogen-bond acceptors (Lipinski definition) is 2. The highest BCUT2D eigenvalue weighted by molar-refractivity contribution is 5.91. The van der Waals surface area contributed by atoms with Gasteiger partial charge in [0, 0.05) is 0 Å². The molecular formula is C18H17N3O. The van der Waals surface area contributed by atoms with Gasteiger partial charge >= 0.3 is 6.03 Å². The van der Waals surface area contributed by atoms with E-state index < -0.39 is 0 Å². The van der Waals surface area contributed by atoms with Crippen LogP contribution in [0.2, 0.25) is 0 Å². The molecule has 0 aliphatic heterocycles. The Bertz CT molecular complexity index is 740. The van der Waals surface area contributed by atoms with E-state index in [4.69, 9.17) is 5.26 Å². The lowest BCUT2D eigenvalue weighted by atomic mass is 10.0. The molecule has 0 unspecified atom stereocenters. The lowest BCUT2D eigenvalue weighted by Gasteiger charge is -2.19. The van der Waals surface area contributed by atoms with E-state index in [1.807, 2.05) is 6.92 Å². The average Bonchev–Trinajstić information content (AvgIpc) is 3.29. The molecule has 1 aliphatic carbocycles. The van der Waals surface area contributed by atoms with Crippen molar-refractivity contribution in [3.63, 3.8) is 0 Å². The minimum absolute atomic E-state index is 0.265. The van der Waals surface area contributed by atoms with Crippen LogP contribution in [-0.4, -0.2) is 6.03 Å². The van der Waals surface area contributed by atoms with E-state index >= 15 is 0 Å². The van der Waals surface area contributed by atoms with Gasteiger partial charge in [-0.1, -0.05) is 42.0 Å². The molecule has 4 heteroatoms. The molecule has 0 atom stereocenters. The lowest BCUT2D eigenvalue weighted by Crippen LogP contribution is -2.38. The summed E-state index contributed by atoms with van der Waals surface area (Å²) < 4.78 is 0. The van der Waals surface area contributed by atoms with Crippen molar-refractivity contribution in [1.29, 1.82) is 5.26 Å². The van der Waals surface area contributed by atoms with Crippen LogP contribution in [0.1, 0.15) is 29.5 Å². The first-order valence-corrected chi connectivity index (χ1v) is 7.28. The molecule has 2 aromatic carbocycles. The molecule has 2 N–H and O–H groups in total. The number of carbonyl (C=O) groups is 1. The van der Waals surface area contributed by atoms with Gasteiger partial charge in [0.1, 0.15) is 6.07 Å². The fourth-order valence-electron chi connectivity index (χ4n) is 2.54. The van der Waals surface area contributed by atoms with E-state index in [0.29, 0.717) is 11.3 Å². The monoisotopic (exact) mass is 291 g/mol. The molecular weight excluding hydrogens is 274 g/mol. The summed E-state index contributed by atoms with van der Waals surface area (Å²) in [6, 6.07) is 17.0. The lowest BCUT2D eigenvalue weighted by molar-refractivity contribution is 0.247. The topological polar surface area (TPSA) is 64.9 Å². The zero-order valence-corrected chi connectivity index (χ0v) is 12.4. The van der Waals surface area contributed by atoms with Crippen molar-refractivity contribution in [1.82, 2.24) is 5.32 Å². The van der Waals surface area contributed by atoms with Gasteiger partial charge in [-0.05, 0) is 37.5 Å². The molecule has 1 aliphatic rings. The number of nitrogens with zero attached hydrogens (tertiary/aromatic N) is 1. The molecule has 0 heterocycles. The van der Waals surface area contributed by atoms with Crippen LogP contribution < -0.4 is 10.6 Å². The first-order chi connectivity index (χ1) is 10.6. The van der Waals surface area contributed by atoms with E-state index in [9.17, 15) is 4.79 Å². The molecule has 0 saturated heterocycles. The minimum atomic E-state index is -0.277. The number of aryl methyl sites for hydroxylation is 1. The third-order valence-corrected chi connectivity index (χ3v) is 4.00. The Morgan fingerprint density at radius 3 is 2.45 bits per heavy atom. The third kappa shape index (κ3) is 2.79. The SMILES string of the molecule is Cc1ccc(C2(NC(=O)Nc3ccccc3C#N)CC2)cc1. The zero-order chi connectivity index (χ0) is 15.6. The van der Waals surface area contributed by atoms with E-state index in [-0.39, 0.29) is 11.6 Å². The normalized spacial score (nSPS) is 14.7. The average molecular weight is 291 g/mol. The molecule has 0 radical (unpaired) electrons. The number of anilines is 1. The van der Waals surface area contributed by atoms with E-state index in [1.165, 1.54) is 5.56 Å². The van der Waals surface area contributed by atoms with Crippen LogP contribution in [0, 0.1) is 18.3 Å². The predicted molar refractivity (Wildman–Crippen MR) is 85.4 cm³/mol. The second-order valence-electron chi connectivity index (χ2n) is 5.68. The second-order valence-corrected chi connectivity index (χ2v) is 5.68. The van der Waals surface area contributed by atoms with E-state index in [0.717, 1.165) is 18.4 Å². The number of nitriles is 1. The first kappa shape index (κ1) is 14.2. The molecule has 4 nitrogen and oxygen atoms in total. The molecule has 2 amide bonds. The Morgan fingerprint density at radius 1 is 1.14 bits per heavy atom. The maximum atomic E-state index is 12.2. The first-order valence-electron chi connectivity index (χ1n) is 7.28. The Kier molecular flexibility index (Phi) is 3.56. The Labute approximate surface area is 129 Å². The highest BCUT2D eigenvalue weighted by atomic mass is 16.2. The van der Waals surface area contributed by atoms with Crippen molar-refractivity contribution in [3.05, 3.63) is 65.2 Å². The highest BCUT2D eigenvalue weighted by Gasteiger charge is 2.45. The molecule has 0 spiro atoms. The molecule has 0 aromatic heterocycles. The Balaban J connectivity index is 1.72. The third-order valence-electron chi connectivity index (χ3n) is 4.00. The minimum Gasteiger partial charge on any atom is -0.328 e. The molecule has 3 rings (SSSR count). The number of amides is 2. The smallest absolute Gasteiger partial charge is 0.319 e. The summed E-state index contributed by atoms with van der Waals surface area (Å²) in [6.07, 6.45) is 1.87. The van der Waals surface area contributed by atoms with Gasteiger partial charge in [0.05, 0.1) is 16.8 Å². The van der Waals surface area contributed by atoms with Crippen molar-refractivity contribution in [2.75, 3.05) is 5.32 Å².